The van der Waals surface area contributed by atoms with Gasteiger partial charge in [0, 0.05) is 26.1 Å². The van der Waals surface area contributed by atoms with Crippen LogP contribution in [0, 0.1) is 11.3 Å². The third kappa shape index (κ3) is 4.34. The third-order valence-electron chi connectivity index (χ3n) is 4.49. The number of hydrogen-bond acceptors (Lipinski definition) is 3. The summed E-state index contributed by atoms with van der Waals surface area (Å²) in [7, 11) is 3.63. The van der Waals surface area contributed by atoms with Gasteiger partial charge in [0.15, 0.2) is 0 Å². The van der Waals surface area contributed by atoms with E-state index in [1.807, 2.05) is 58.3 Å². The standard InChI is InChI=1S/C18H25N3O3/c1-18(2)14(16(22)19-12-21(3)4)10-15(18)20-17(23)24-11-13-8-6-5-7-9-13/h5-9,12,14-15H,10-11H2,1-4H3,(H,20,23)/b19-12+/t14-,15-/m1/s1. The predicted octanol–water partition coefficient (Wildman–Crippen LogP) is 2.44. The molecular formula is C18H25N3O3. The molecule has 0 bridgehead atoms. The van der Waals surface area contributed by atoms with E-state index in [9.17, 15) is 9.59 Å². The molecule has 0 unspecified atom stereocenters. The van der Waals surface area contributed by atoms with E-state index < -0.39 is 6.09 Å². The Balaban J connectivity index is 1.82. The SMILES string of the molecule is CN(C)/C=N/C(=O)[C@H]1C[C@@H](NC(=O)OCc2ccccc2)C1(C)C. The zero-order chi connectivity index (χ0) is 17.7. The molecule has 1 aliphatic carbocycles. The maximum absolute atomic E-state index is 12.1. The molecule has 0 aliphatic heterocycles. The molecule has 130 valence electrons. The topological polar surface area (TPSA) is 71.0 Å². The van der Waals surface area contributed by atoms with Gasteiger partial charge in [0.25, 0.3) is 5.91 Å². The second-order valence-corrected chi connectivity index (χ2v) is 6.91. The van der Waals surface area contributed by atoms with E-state index in [4.69, 9.17) is 4.74 Å². The second-order valence-electron chi connectivity index (χ2n) is 6.91. The van der Waals surface area contributed by atoms with Crippen molar-refractivity contribution in [3.63, 3.8) is 0 Å². The molecule has 6 heteroatoms. The monoisotopic (exact) mass is 331 g/mol. The molecule has 1 aromatic rings. The van der Waals surface area contributed by atoms with Gasteiger partial charge in [-0.15, -0.1) is 0 Å². The summed E-state index contributed by atoms with van der Waals surface area (Å²) in [6.07, 6.45) is 1.63. The molecule has 1 aliphatic rings. The summed E-state index contributed by atoms with van der Waals surface area (Å²) >= 11 is 0. The quantitative estimate of drug-likeness (QED) is 0.664. The molecule has 6 nitrogen and oxygen atoms in total. The van der Waals surface area contributed by atoms with Crippen molar-refractivity contribution in [2.45, 2.75) is 32.9 Å². The number of hydrogen-bond donors (Lipinski definition) is 1. The minimum atomic E-state index is -0.459. The Labute approximate surface area is 142 Å². The number of aliphatic imine (C=N–C) groups is 1. The lowest BCUT2D eigenvalue weighted by Crippen LogP contribution is -2.60. The first-order valence-electron chi connectivity index (χ1n) is 8.02. The molecule has 1 N–H and O–H groups in total. The van der Waals surface area contributed by atoms with Crippen molar-refractivity contribution >= 4 is 18.3 Å². The first-order chi connectivity index (χ1) is 11.3. The van der Waals surface area contributed by atoms with Gasteiger partial charge < -0.3 is 15.0 Å². The van der Waals surface area contributed by atoms with Crippen molar-refractivity contribution in [1.29, 1.82) is 0 Å². The van der Waals surface area contributed by atoms with Crippen molar-refractivity contribution in [2.75, 3.05) is 14.1 Å². The summed E-state index contributed by atoms with van der Waals surface area (Å²) in [4.78, 5) is 29.7. The van der Waals surface area contributed by atoms with Crippen LogP contribution in [-0.2, 0) is 16.1 Å². The van der Waals surface area contributed by atoms with Gasteiger partial charge >= 0.3 is 6.09 Å². The molecule has 0 saturated heterocycles. The fourth-order valence-corrected chi connectivity index (χ4v) is 2.76. The normalized spacial score (nSPS) is 21.8. The van der Waals surface area contributed by atoms with Gasteiger partial charge in [0.1, 0.15) is 6.61 Å². The summed E-state index contributed by atoms with van der Waals surface area (Å²) in [6.45, 7) is 4.16. The van der Waals surface area contributed by atoms with E-state index in [0.717, 1.165) is 5.56 Å². The van der Waals surface area contributed by atoms with Gasteiger partial charge in [0.2, 0.25) is 0 Å². The van der Waals surface area contributed by atoms with Crippen LogP contribution in [0.4, 0.5) is 4.79 Å². The Kier molecular flexibility index (Phi) is 5.59. The van der Waals surface area contributed by atoms with E-state index >= 15 is 0 Å². The summed E-state index contributed by atoms with van der Waals surface area (Å²) in [6, 6.07) is 9.42. The zero-order valence-corrected chi connectivity index (χ0v) is 14.7. The minimum absolute atomic E-state index is 0.0933. The van der Waals surface area contributed by atoms with E-state index in [0.29, 0.717) is 6.42 Å². The molecule has 0 heterocycles. The highest BCUT2D eigenvalue weighted by atomic mass is 16.5. The number of benzene rings is 1. The van der Waals surface area contributed by atoms with E-state index in [2.05, 4.69) is 10.3 Å². The van der Waals surface area contributed by atoms with Crippen LogP contribution in [0.2, 0.25) is 0 Å². The van der Waals surface area contributed by atoms with Gasteiger partial charge in [-0.05, 0) is 17.4 Å². The van der Waals surface area contributed by atoms with E-state index in [1.54, 1.807) is 4.90 Å². The number of nitrogens with one attached hydrogen (secondary N) is 1. The maximum atomic E-state index is 12.1. The smallest absolute Gasteiger partial charge is 0.407 e. The Hall–Kier alpha value is -2.37. The van der Waals surface area contributed by atoms with E-state index in [1.165, 1.54) is 6.34 Å². The third-order valence-corrected chi connectivity index (χ3v) is 4.49. The van der Waals surface area contributed by atoms with Crippen LogP contribution in [-0.4, -0.2) is 43.4 Å². The molecule has 1 fully saturated rings. The number of ether oxygens (including phenoxy) is 1. The zero-order valence-electron chi connectivity index (χ0n) is 14.7. The summed E-state index contributed by atoms with van der Waals surface area (Å²) in [5.74, 6) is -0.336. The first kappa shape index (κ1) is 18.0. The Morgan fingerprint density at radius 2 is 2.00 bits per heavy atom. The van der Waals surface area contributed by atoms with Crippen LogP contribution in [0.15, 0.2) is 35.3 Å². The molecule has 0 spiro atoms. The number of alkyl carbamates (subject to hydrolysis) is 1. The number of amides is 2. The highest BCUT2D eigenvalue weighted by molar-refractivity contribution is 5.88. The summed E-state index contributed by atoms with van der Waals surface area (Å²) in [5.41, 5.74) is 0.596. The average Bonchev–Trinajstić information content (AvgIpc) is 2.55. The molecule has 24 heavy (non-hydrogen) atoms. The largest absolute Gasteiger partial charge is 0.445 e. The highest BCUT2D eigenvalue weighted by Gasteiger charge is 2.52. The van der Waals surface area contributed by atoms with Gasteiger partial charge in [0.05, 0.1) is 6.34 Å². The molecule has 2 amide bonds. The highest BCUT2D eigenvalue weighted by Crippen LogP contribution is 2.46. The molecule has 0 radical (unpaired) electrons. The number of carbonyl (C=O) groups is 2. The van der Waals surface area contributed by atoms with Crippen molar-refractivity contribution in [1.82, 2.24) is 10.2 Å². The van der Waals surface area contributed by atoms with Crippen LogP contribution in [0.1, 0.15) is 25.8 Å². The molecule has 0 aromatic heterocycles. The predicted molar refractivity (Wildman–Crippen MR) is 92.6 cm³/mol. The lowest BCUT2D eigenvalue weighted by molar-refractivity contribution is -0.133. The van der Waals surface area contributed by atoms with Crippen molar-refractivity contribution in [3.05, 3.63) is 35.9 Å². The lowest BCUT2D eigenvalue weighted by Gasteiger charge is -2.50. The van der Waals surface area contributed by atoms with Crippen molar-refractivity contribution < 1.29 is 14.3 Å². The van der Waals surface area contributed by atoms with Gasteiger partial charge in [-0.25, -0.2) is 9.79 Å². The van der Waals surface area contributed by atoms with Crippen molar-refractivity contribution in [3.8, 4) is 0 Å². The van der Waals surface area contributed by atoms with Crippen LogP contribution < -0.4 is 5.32 Å². The Morgan fingerprint density at radius 1 is 1.33 bits per heavy atom. The van der Waals surface area contributed by atoms with Gasteiger partial charge in [-0.3, -0.25) is 4.79 Å². The summed E-state index contributed by atoms with van der Waals surface area (Å²) in [5, 5.41) is 2.85. The van der Waals surface area contributed by atoms with Gasteiger partial charge in [-0.1, -0.05) is 44.2 Å². The lowest BCUT2D eigenvalue weighted by atomic mass is 9.58. The van der Waals surface area contributed by atoms with Crippen LogP contribution in [0.5, 0.6) is 0 Å². The number of nitrogens with zero attached hydrogens (tertiary/aromatic N) is 2. The van der Waals surface area contributed by atoms with Crippen LogP contribution in [0.25, 0.3) is 0 Å². The number of carbonyl (C=O) groups excluding carboxylic acids is 2. The van der Waals surface area contributed by atoms with Crippen LogP contribution >= 0.6 is 0 Å². The fourth-order valence-electron chi connectivity index (χ4n) is 2.76. The fraction of sp³-hybridized carbons (Fsp3) is 0.500. The first-order valence-corrected chi connectivity index (χ1v) is 8.02. The average molecular weight is 331 g/mol. The molecule has 1 aromatic carbocycles. The molecular weight excluding hydrogens is 306 g/mol. The van der Waals surface area contributed by atoms with Crippen molar-refractivity contribution in [2.24, 2.45) is 16.3 Å². The maximum Gasteiger partial charge on any atom is 0.407 e. The Bertz CT molecular complexity index is 611. The Morgan fingerprint density at radius 3 is 2.58 bits per heavy atom. The molecule has 2 rings (SSSR count). The van der Waals surface area contributed by atoms with Gasteiger partial charge in [-0.2, -0.15) is 0 Å². The second kappa shape index (κ2) is 7.47. The molecule has 1 saturated carbocycles. The number of rotatable bonds is 5. The van der Waals surface area contributed by atoms with E-state index in [-0.39, 0.29) is 29.9 Å². The molecule has 2 atom stereocenters. The summed E-state index contributed by atoms with van der Waals surface area (Å²) < 4.78 is 5.23. The van der Waals surface area contributed by atoms with Crippen LogP contribution in [0.3, 0.4) is 0 Å². The minimum Gasteiger partial charge on any atom is -0.445 e.